The van der Waals surface area contributed by atoms with E-state index in [2.05, 4.69) is 0 Å². The molecule has 0 saturated carbocycles. The second kappa shape index (κ2) is 1.64. The zero-order valence-electron chi connectivity index (χ0n) is 2.31. The third kappa shape index (κ3) is 2.34. The van der Waals surface area contributed by atoms with E-state index in [1.807, 2.05) is 19.2 Å². The molecule has 1 aliphatic heterocycles. The highest BCUT2D eigenvalue weighted by molar-refractivity contribution is 6.60. The fourth-order valence-corrected chi connectivity index (χ4v) is 0. The topological polar surface area (TPSA) is 0 Å². The second-order valence-corrected chi connectivity index (χ2v) is 0.577. The molecule has 0 bridgehead atoms. The normalized spacial score (nSPS) is 12.0. The molecular weight excluding hydrogens is 61.8 g/mol. The largest absolute Gasteiger partial charge is 0.168 e. The first-order valence-corrected chi connectivity index (χ1v) is 1.00. The van der Waals surface area contributed by atoms with Crippen molar-refractivity contribution in [3.8, 4) is 0 Å². The predicted molar refractivity (Wildman–Crippen MR) is 20.6 cm³/mol. The maximum atomic E-state index is 2.00. The van der Waals surface area contributed by atoms with Crippen LogP contribution in [0, 0.1) is 0 Å². The monoisotopic (exact) mass is 64.0 g/mol. The van der Waals surface area contributed by atoms with E-state index in [0.717, 1.165) is 0 Å². The number of hydrogen-bond acceptors (Lipinski definition) is 0. The van der Waals surface area contributed by atoms with Gasteiger partial charge in [-0.05, 0) is 0 Å². The maximum Gasteiger partial charge on any atom is 0.168 e. The Morgan fingerprint density at radius 3 is 1.50 bits per heavy atom. The van der Waals surface area contributed by atoms with Crippen LogP contribution < -0.4 is 0 Å². The summed E-state index contributed by atoms with van der Waals surface area (Å²) < 4.78 is 0. The van der Waals surface area contributed by atoms with Crippen molar-refractivity contribution < 1.29 is 0 Å². The fraction of sp³-hybridized carbons (Fsp3) is 0. The van der Waals surface area contributed by atoms with Crippen LogP contribution in [0.1, 0.15) is 0 Å². The standard InChI is InChI=1S/C2H2B.Al/c1-2-3-1;/h1-2H;. The lowest BCUT2D eigenvalue weighted by Crippen LogP contribution is -1.30. The van der Waals surface area contributed by atoms with Crippen LogP contribution in [0.3, 0.4) is 0 Å². The lowest BCUT2D eigenvalue weighted by molar-refractivity contribution is 2.81. The van der Waals surface area contributed by atoms with E-state index in [1.54, 1.807) is 0 Å². The third-order valence-electron chi connectivity index (χ3n) is 0.192. The summed E-state index contributed by atoms with van der Waals surface area (Å²) in [4.78, 5) is 0. The van der Waals surface area contributed by atoms with Crippen LogP contribution in [0.25, 0.3) is 0 Å². The van der Waals surface area contributed by atoms with E-state index in [1.165, 1.54) is 0 Å². The summed E-state index contributed by atoms with van der Waals surface area (Å²) in [6.07, 6.45) is 0. The van der Waals surface area contributed by atoms with Crippen LogP contribution in [0.5, 0.6) is 0 Å². The van der Waals surface area contributed by atoms with Crippen molar-refractivity contribution >= 4 is 24.6 Å². The molecule has 0 atom stereocenters. The molecule has 0 fully saturated rings. The summed E-state index contributed by atoms with van der Waals surface area (Å²) in [7, 11) is 2.00. The van der Waals surface area contributed by atoms with Crippen molar-refractivity contribution in [3.05, 3.63) is 12.0 Å². The summed E-state index contributed by atoms with van der Waals surface area (Å²) >= 11 is 0. The van der Waals surface area contributed by atoms with Gasteiger partial charge < -0.3 is 0 Å². The third-order valence-corrected chi connectivity index (χ3v) is 0.192. The molecule has 0 spiro atoms. The Kier molecular flexibility index (Phi) is 1.78. The lowest BCUT2D eigenvalue weighted by atomic mass is 10.1. The van der Waals surface area contributed by atoms with Gasteiger partial charge in [0, 0.05) is 17.4 Å². The molecule has 2 heteroatoms. The zero-order chi connectivity index (χ0) is 2.12. The second-order valence-electron chi connectivity index (χ2n) is 0.577. The van der Waals surface area contributed by atoms with E-state index in [0.29, 0.717) is 0 Å². The van der Waals surface area contributed by atoms with Crippen molar-refractivity contribution in [2.75, 3.05) is 0 Å². The molecule has 0 aromatic rings. The van der Waals surface area contributed by atoms with E-state index in [-0.39, 0.29) is 17.4 Å². The number of rotatable bonds is 0. The molecule has 0 unspecified atom stereocenters. The Morgan fingerprint density at radius 1 is 1.25 bits per heavy atom. The Bertz CT molecular complexity index is 29.0. The summed E-state index contributed by atoms with van der Waals surface area (Å²) in [5.41, 5.74) is 0. The molecule has 0 saturated heterocycles. The van der Waals surface area contributed by atoms with E-state index in [9.17, 15) is 0 Å². The minimum atomic E-state index is 0. The summed E-state index contributed by atoms with van der Waals surface area (Å²) in [5.74, 6) is 4.00. The van der Waals surface area contributed by atoms with Gasteiger partial charge in [0.1, 0.15) is 0 Å². The SMILES string of the molecule is [Al].[B]1C=C1. The van der Waals surface area contributed by atoms with Crippen LogP contribution in [0.2, 0.25) is 0 Å². The Balaban J connectivity index is 0.0000000900. The minimum absolute atomic E-state index is 0. The molecule has 0 N–H and O–H groups in total. The van der Waals surface area contributed by atoms with Crippen LogP contribution >= 0.6 is 0 Å². The minimum Gasteiger partial charge on any atom is -0.130 e. The summed E-state index contributed by atoms with van der Waals surface area (Å²) in [5, 5.41) is 0. The van der Waals surface area contributed by atoms with E-state index < -0.39 is 0 Å². The van der Waals surface area contributed by atoms with Crippen LogP contribution in [0.15, 0.2) is 12.0 Å². The van der Waals surface area contributed by atoms with Gasteiger partial charge in [0.05, 0.1) is 0 Å². The highest BCUT2D eigenvalue weighted by Gasteiger charge is 1.80. The van der Waals surface area contributed by atoms with Gasteiger partial charge in [-0.15, -0.1) is 12.0 Å². The average Bonchev–Trinajstić information content (AvgIpc) is 1.46. The molecule has 0 nitrogen and oxygen atoms in total. The van der Waals surface area contributed by atoms with E-state index in [4.69, 9.17) is 0 Å². The van der Waals surface area contributed by atoms with Gasteiger partial charge in [0.25, 0.3) is 0 Å². The van der Waals surface area contributed by atoms with Crippen LogP contribution in [0.4, 0.5) is 0 Å². The first-order chi connectivity index (χ1) is 1.50. The van der Waals surface area contributed by atoms with Crippen molar-refractivity contribution in [3.63, 3.8) is 0 Å². The van der Waals surface area contributed by atoms with Gasteiger partial charge >= 0.3 is 0 Å². The predicted octanol–water partition coefficient (Wildman–Crippen LogP) is -0.205. The highest BCUT2D eigenvalue weighted by Crippen LogP contribution is 1.79. The molecule has 1 rings (SSSR count). The molecular formula is C2H2AlB. The van der Waals surface area contributed by atoms with Gasteiger partial charge in [-0.25, -0.2) is 0 Å². The Labute approximate surface area is 37.3 Å². The van der Waals surface area contributed by atoms with Crippen molar-refractivity contribution in [2.45, 2.75) is 0 Å². The fourth-order valence-electron chi connectivity index (χ4n) is 0. The highest BCUT2D eigenvalue weighted by atomic mass is 27.0. The molecule has 0 aromatic carbocycles. The Morgan fingerprint density at radius 2 is 1.50 bits per heavy atom. The molecule has 16 valence electrons. The summed E-state index contributed by atoms with van der Waals surface area (Å²) in [6.45, 7) is 0. The van der Waals surface area contributed by atoms with Gasteiger partial charge in [-0.2, -0.15) is 0 Å². The molecule has 0 amide bonds. The lowest BCUT2D eigenvalue weighted by Gasteiger charge is -1.06. The molecule has 4 radical (unpaired) electrons. The Hall–Kier alpha value is 0.337. The first kappa shape index (κ1) is 4.34. The molecule has 0 aliphatic carbocycles. The van der Waals surface area contributed by atoms with Crippen LogP contribution in [-0.4, -0.2) is 24.6 Å². The van der Waals surface area contributed by atoms with Gasteiger partial charge in [-0.1, -0.05) is 0 Å². The molecule has 4 heavy (non-hydrogen) atoms. The summed E-state index contributed by atoms with van der Waals surface area (Å²) in [6, 6.07) is 0. The van der Waals surface area contributed by atoms with Gasteiger partial charge in [0.2, 0.25) is 0 Å². The quantitative estimate of drug-likeness (QED) is 0.342. The maximum absolute atomic E-state index is 2.00. The zero-order valence-corrected chi connectivity index (χ0v) is 3.46. The van der Waals surface area contributed by atoms with Crippen LogP contribution in [-0.2, 0) is 0 Å². The molecule has 1 aliphatic rings. The average molecular weight is 63.8 g/mol. The smallest absolute Gasteiger partial charge is 0.130 e. The van der Waals surface area contributed by atoms with E-state index >= 15 is 0 Å². The van der Waals surface area contributed by atoms with Crippen molar-refractivity contribution in [1.29, 1.82) is 0 Å². The van der Waals surface area contributed by atoms with Crippen molar-refractivity contribution in [1.82, 2.24) is 0 Å². The van der Waals surface area contributed by atoms with Gasteiger partial charge in [0.15, 0.2) is 7.28 Å². The van der Waals surface area contributed by atoms with Crippen molar-refractivity contribution in [2.24, 2.45) is 0 Å². The molecule has 0 aromatic heterocycles. The molecule has 1 heterocycles. The first-order valence-electron chi connectivity index (χ1n) is 1.00. The number of hydrogen-bond donors (Lipinski definition) is 0. The van der Waals surface area contributed by atoms with Gasteiger partial charge in [-0.3, -0.25) is 0 Å².